The van der Waals surface area contributed by atoms with Crippen LogP contribution in [0, 0.1) is 0 Å². The molecule has 0 bridgehead atoms. The summed E-state index contributed by atoms with van der Waals surface area (Å²) in [7, 11) is 0. The third-order valence-electron chi connectivity index (χ3n) is 13.1. The first-order valence-corrected chi connectivity index (χ1v) is 36.4. The number of benzene rings is 9. The van der Waals surface area contributed by atoms with Crippen molar-refractivity contribution in [1.82, 2.24) is 0 Å². The van der Waals surface area contributed by atoms with Gasteiger partial charge < -0.3 is 0 Å². The molecule has 9 aromatic rings. The number of rotatable bonds is 8. The summed E-state index contributed by atoms with van der Waals surface area (Å²) in [5.41, 5.74) is 12.2. The van der Waals surface area contributed by atoms with Crippen molar-refractivity contribution in [1.29, 1.82) is 0 Å². The zero-order valence-corrected chi connectivity index (χ0v) is 40.9. The molecule has 0 saturated heterocycles. The van der Waals surface area contributed by atoms with E-state index in [1.165, 1.54) is 86.1 Å². The Bertz CT molecular complexity index is 3130. The van der Waals surface area contributed by atoms with E-state index in [4.69, 9.17) is 0 Å². The first-order valence-electron chi connectivity index (χ1n) is 21.8. The summed E-state index contributed by atoms with van der Waals surface area (Å²) >= 11 is -4.06. The maximum atomic E-state index is 2.51. The molecule has 61 heavy (non-hydrogen) atoms. The molecule has 0 amide bonds. The van der Waals surface area contributed by atoms with Crippen molar-refractivity contribution in [3.8, 4) is 11.1 Å². The van der Waals surface area contributed by atoms with Crippen molar-refractivity contribution < 1.29 is 0 Å². The molecule has 0 spiro atoms. The topological polar surface area (TPSA) is 6.48 Å². The fourth-order valence-corrected chi connectivity index (χ4v) is 14.5. The summed E-state index contributed by atoms with van der Waals surface area (Å²) in [4.78, 5) is 4.97. The summed E-state index contributed by atoms with van der Waals surface area (Å²) in [6.07, 6.45) is 0. The van der Waals surface area contributed by atoms with E-state index in [1.807, 2.05) is 0 Å². The van der Waals surface area contributed by atoms with E-state index in [2.05, 4.69) is 240 Å². The van der Waals surface area contributed by atoms with Crippen LogP contribution in [0.15, 0.2) is 182 Å². The molecule has 0 aromatic heterocycles. The average molecular weight is 912 g/mol. The Hall–Kier alpha value is -5.55. The zero-order valence-electron chi connectivity index (χ0n) is 36.7. The number of nitrogens with zero attached hydrogens (tertiary/aromatic N) is 2. The van der Waals surface area contributed by atoms with E-state index in [-0.39, 0.29) is 5.41 Å². The van der Waals surface area contributed by atoms with Crippen LogP contribution < -0.4 is 18.6 Å². The fourth-order valence-electron chi connectivity index (χ4n) is 9.60. The second kappa shape index (κ2) is 14.8. The minimum atomic E-state index is -2.04. The molecular formula is C57H54Ge2N2. The summed E-state index contributed by atoms with van der Waals surface area (Å²) < 4.78 is 3.03. The van der Waals surface area contributed by atoms with Crippen LogP contribution in [0.2, 0.25) is 34.5 Å². The van der Waals surface area contributed by atoms with Crippen LogP contribution in [0.25, 0.3) is 43.4 Å². The molecule has 0 saturated carbocycles. The van der Waals surface area contributed by atoms with Crippen LogP contribution in [0.5, 0.6) is 0 Å². The minimum absolute atomic E-state index is 0.267. The Labute approximate surface area is 367 Å². The van der Waals surface area contributed by atoms with Crippen LogP contribution in [0.3, 0.4) is 0 Å². The normalized spacial score (nSPS) is 13.4. The van der Waals surface area contributed by atoms with Gasteiger partial charge in [0.15, 0.2) is 0 Å². The van der Waals surface area contributed by atoms with Gasteiger partial charge in [-0.15, -0.1) is 0 Å². The predicted molar refractivity (Wildman–Crippen MR) is 272 cm³/mol. The monoisotopic (exact) mass is 914 g/mol. The van der Waals surface area contributed by atoms with Gasteiger partial charge in [0.1, 0.15) is 0 Å². The first-order chi connectivity index (χ1) is 29.3. The van der Waals surface area contributed by atoms with Gasteiger partial charge in [-0.05, 0) is 0 Å². The van der Waals surface area contributed by atoms with Crippen LogP contribution in [-0.2, 0) is 5.41 Å². The molecule has 9 aromatic carbocycles. The van der Waals surface area contributed by atoms with E-state index in [0.717, 1.165) is 11.4 Å². The molecule has 0 heterocycles. The van der Waals surface area contributed by atoms with Crippen LogP contribution in [-0.4, -0.2) is 26.5 Å². The van der Waals surface area contributed by atoms with Crippen molar-refractivity contribution in [2.24, 2.45) is 0 Å². The quantitative estimate of drug-likeness (QED) is 0.140. The van der Waals surface area contributed by atoms with Crippen LogP contribution >= 0.6 is 0 Å². The van der Waals surface area contributed by atoms with Gasteiger partial charge in [0.2, 0.25) is 0 Å². The van der Waals surface area contributed by atoms with Gasteiger partial charge in [0.25, 0.3) is 0 Å². The average Bonchev–Trinajstić information content (AvgIpc) is 3.48. The zero-order chi connectivity index (χ0) is 42.3. The Kier molecular flexibility index (Phi) is 9.61. The molecule has 1 aliphatic rings. The van der Waals surface area contributed by atoms with Crippen molar-refractivity contribution in [2.45, 2.75) is 53.8 Å². The fraction of sp³-hybridized carbons (Fsp3) is 0.158. The molecule has 1 aliphatic carbocycles. The molecule has 4 heteroatoms. The van der Waals surface area contributed by atoms with Crippen molar-refractivity contribution in [3.63, 3.8) is 0 Å². The second-order valence-electron chi connectivity index (χ2n) is 19.5. The molecule has 0 N–H and O–H groups in total. The van der Waals surface area contributed by atoms with Gasteiger partial charge in [-0.3, -0.25) is 0 Å². The second-order valence-corrected chi connectivity index (χ2v) is 40.9. The summed E-state index contributed by atoms with van der Waals surface area (Å²) in [6.45, 7) is 4.85. The number of anilines is 6. The van der Waals surface area contributed by atoms with Crippen molar-refractivity contribution in [2.75, 3.05) is 9.80 Å². The number of fused-ring (bicyclic) bond motifs is 7. The van der Waals surface area contributed by atoms with E-state index in [1.54, 1.807) is 0 Å². The van der Waals surface area contributed by atoms with Gasteiger partial charge in [0, 0.05) is 0 Å². The molecule has 0 unspecified atom stereocenters. The van der Waals surface area contributed by atoms with Crippen LogP contribution in [0.4, 0.5) is 34.1 Å². The van der Waals surface area contributed by atoms with E-state index < -0.39 is 26.5 Å². The molecule has 300 valence electrons. The number of hydrogen-bond donors (Lipinski definition) is 0. The van der Waals surface area contributed by atoms with Gasteiger partial charge in [-0.1, -0.05) is 0 Å². The Morgan fingerprint density at radius 2 is 0.787 bits per heavy atom. The standard InChI is InChI=1S/C57H54Ge2N2/c1-57(2)53-37-49(60(45-29-23-43(24-30-45)58(3,4)5)47-27-21-39-15-9-11-17-41(39)35-47)33-34-52(53)56-51-20-14-13-19-50(51)55(38-54(56)57)61(46-31-25-44(26-32-46)59(6,7)8)48-28-22-40-16-10-12-18-42(40)36-48/h9-38H,1-8H3. The van der Waals surface area contributed by atoms with Crippen LogP contribution in [0.1, 0.15) is 25.0 Å². The Balaban J connectivity index is 1.16. The summed E-state index contributed by atoms with van der Waals surface area (Å²) in [5.74, 6) is 14.8. The van der Waals surface area contributed by atoms with Gasteiger partial charge in [-0.25, -0.2) is 0 Å². The van der Waals surface area contributed by atoms with Gasteiger partial charge in [0.05, 0.1) is 0 Å². The molecule has 10 rings (SSSR count). The SMILES string of the molecule is CC1(C)c2cc(N(c3cc[c]([Ge]([CH3])([CH3])[CH3])cc3)c3ccc4ccccc4c3)ccc2-c2c1cc(N(c1cc[c]([Ge]([CH3])([CH3])[CH3])cc1)c1ccc3ccccc3c1)c1ccccc21. The summed E-state index contributed by atoms with van der Waals surface area (Å²) in [5, 5.41) is 7.52. The van der Waals surface area contributed by atoms with E-state index >= 15 is 0 Å². The maximum absolute atomic E-state index is 2.51. The van der Waals surface area contributed by atoms with Gasteiger partial charge in [-0.2, -0.15) is 0 Å². The third kappa shape index (κ3) is 6.98. The van der Waals surface area contributed by atoms with Crippen molar-refractivity contribution >= 4 is 102 Å². The predicted octanol–water partition coefficient (Wildman–Crippen LogP) is 15.5. The van der Waals surface area contributed by atoms with Gasteiger partial charge >= 0.3 is 370 Å². The molecule has 2 nitrogen and oxygen atoms in total. The molecular weight excluding hydrogens is 858 g/mol. The molecule has 0 atom stereocenters. The Morgan fingerprint density at radius 1 is 0.361 bits per heavy atom. The summed E-state index contributed by atoms with van der Waals surface area (Å²) in [6, 6.07) is 68.9. The molecule has 0 aliphatic heterocycles. The van der Waals surface area contributed by atoms with E-state index in [9.17, 15) is 0 Å². The molecule has 0 fully saturated rings. The van der Waals surface area contributed by atoms with Crippen molar-refractivity contribution in [3.05, 3.63) is 193 Å². The Morgan fingerprint density at radius 3 is 1.33 bits per heavy atom. The first kappa shape index (κ1) is 39.6. The number of hydrogen-bond acceptors (Lipinski definition) is 2. The van der Waals surface area contributed by atoms with E-state index in [0.29, 0.717) is 0 Å². The third-order valence-corrected chi connectivity index (χ3v) is 21.8. The molecule has 0 radical (unpaired) electrons.